The van der Waals surface area contributed by atoms with Crippen molar-refractivity contribution in [3.63, 3.8) is 0 Å². The molecule has 1 aliphatic rings. The monoisotopic (exact) mass is 205 g/mol. The summed E-state index contributed by atoms with van der Waals surface area (Å²) in [7, 11) is 0. The molecule has 0 atom stereocenters. The van der Waals surface area contributed by atoms with E-state index in [0.29, 0.717) is 5.41 Å². The van der Waals surface area contributed by atoms with Gasteiger partial charge in [0.2, 0.25) is 0 Å². The van der Waals surface area contributed by atoms with Crippen molar-refractivity contribution in [2.24, 2.45) is 5.41 Å². The third kappa shape index (κ3) is 2.67. The molecule has 1 aliphatic carbocycles. The highest BCUT2D eigenvalue weighted by atomic mass is 15.0. The molecule has 1 aromatic rings. The van der Waals surface area contributed by atoms with Crippen LogP contribution in [0.4, 0.5) is 5.82 Å². The number of anilines is 1. The average Bonchev–Trinajstić information content (AvgIpc) is 2.63. The Balaban J connectivity index is 1.92. The van der Waals surface area contributed by atoms with Crippen LogP contribution < -0.4 is 5.32 Å². The predicted molar refractivity (Wildman–Crippen MR) is 61.8 cm³/mol. The Morgan fingerprint density at radius 3 is 2.80 bits per heavy atom. The van der Waals surface area contributed by atoms with Crippen LogP contribution >= 0.6 is 0 Å². The van der Waals surface area contributed by atoms with Gasteiger partial charge in [-0.3, -0.25) is 0 Å². The van der Waals surface area contributed by atoms with Gasteiger partial charge in [-0.05, 0) is 31.2 Å². The van der Waals surface area contributed by atoms with E-state index in [1.54, 1.807) is 0 Å². The van der Waals surface area contributed by atoms with E-state index < -0.39 is 0 Å². The number of aromatic nitrogens is 2. The van der Waals surface area contributed by atoms with E-state index in [1.807, 2.05) is 19.2 Å². The first-order valence-electron chi connectivity index (χ1n) is 5.72. The molecule has 0 bridgehead atoms. The molecule has 15 heavy (non-hydrogen) atoms. The third-order valence-corrected chi connectivity index (χ3v) is 3.28. The minimum absolute atomic E-state index is 0.471. The molecule has 2 rings (SSSR count). The van der Waals surface area contributed by atoms with Gasteiger partial charge in [0.1, 0.15) is 11.6 Å². The molecule has 82 valence electrons. The molecule has 0 unspecified atom stereocenters. The highest BCUT2D eigenvalue weighted by molar-refractivity contribution is 5.33. The zero-order valence-corrected chi connectivity index (χ0v) is 9.58. The summed E-state index contributed by atoms with van der Waals surface area (Å²) < 4.78 is 0. The van der Waals surface area contributed by atoms with Crippen LogP contribution in [-0.4, -0.2) is 16.5 Å². The molecule has 0 aromatic carbocycles. The molecular formula is C12H19N3. The van der Waals surface area contributed by atoms with Crippen molar-refractivity contribution >= 4 is 5.82 Å². The van der Waals surface area contributed by atoms with Gasteiger partial charge in [-0.1, -0.05) is 19.8 Å². The van der Waals surface area contributed by atoms with E-state index in [0.717, 1.165) is 18.2 Å². The highest BCUT2D eigenvalue weighted by Crippen LogP contribution is 2.37. The lowest BCUT2D eigenvalue weighted by molar-refractivity contribution is 0.361. The summed E-state index contributed by atoms with van der Waals surface area (Å²) in [6.07, 6.45) is 7.23. The maximum absolute atomic E-state index is 4.34. The van der Waals surface area contributed by atoms with Gasteiger partial charge in [-0.2, -0.15) is 0 Å². The van der Waals surface area contributed by atoms with E-state index >= 15 is 0 Å². The first-order chi connectivity index (χ1) is 7.18. The molecule has 0 radical (unpaired) electrons. The van der Waals surface area contributed by atoms with Gasteiger partial charge in [0.25, 0.3) is 0 Å². The number of aryl methyl sites for hydroxylation is 1. The number of hydrogen-bond donors (Lipinski definition) is 1. The zero-order valence-electron chi connectivity index (χ0n) is 9.58. The number of nitrogens with one attached hydrogen (secondary N) is 1. The van der Waals surface area contributed by atoms with E-state index in [-0.39, 0.29) is 0 Å². The Bertz CT molecular complexity index is 329. The molecule has 1 N–H and O–H groups in total. The largest absolute Gasteiger partial charge is 0.369 e. The summed E-state index contributed by atoms with van der Waals surface area (Å²) in [6.45, 7) is 5.31. The van der Waals surface area contributed by atoms with Gasteiger partial charge >= 0.3 is 0 Å². The Morgan fingerprint density at radius 1 is 1.40 bits per heavy atom. The van der Waals surface area contributed by atoms with Crippen molar-refractivity contribution in [1.29, 1.82) is 0 Å². The van der Waals surface area contributed by atoms with Crippen molar-refractivity contribution in [2.75, 3.05) is 11.9 Å². The standard InChI is InChI=1S/C12H19N3/c1-10-13-8-5-11(15-10)14-9-12(2)6-3-4-7-12/h5,8H,3-4,6-7,9H2,1-2H3,(H,13,14,15). The van der Waals surface area contributed by atoms with Gasteiger partial charge in [-0.25, -0.2) is 9.97 Å². The van der Waals surface area contributed by atoms with Gasteiger partial charge in [0.05, 0.1) is 0 Å². The number of nitrogens with zero attached hydrogens (tertiary/aromatic N) is 2. The smallest absolute Gasteiger partial charge is 0.129 e. The molecule has 1 saturated carbocycles. The maximum atomic E-state index is 4.34. The molecule has 0 spiro atoms. The minimum Gasteiger partial charge on any atom is -0.369 e. The first-order valence-corrected chi connectivity index (χ1v) is 5.72. The van der Waals surface area contributed by atoms with Gasteiger partial charge in [0.15, 0.2) is 0 Å². The van der Waals surface area contributed by atoms with Crippen LogP contribution in [0.5, 0.6) is 0 Å². The average molecular weight is 205 g/mol. The molecule has 1 heterocycles. The fraction of sp³-hybridized carbons (Fsp3) is 0.667. The van der Waals surface area contributed by atoms with Crippen molar-refractivity contribution in [2.45, 2.75) is 39.5 Å². The van der Waals surface area contributed by atoms with Crippen LogP contribution in [0.1, 0.15) is 38.4 Å². The summed E-state index contributed by atoms with van der Waals surface area (Å²) in [5.74, 6) is 1.78. The Morgan fingerprint density at radius 2 is 2.13 bits per heavy atom. The summed E-state index contributed by atoms with van der Waals surface area (Å²) in [4.78, 5) is 8.43. The molecule has 1 aromatic heterocycles. The van der Waals surface area contributed by atoms with Crippen LogP contribution in [0.15, 0.2) is 12.3 Å². The lowest BCUT2D eigenvalue weighted by Crippen LogP contribution is -2.23. The van der Waals surface area contributed by atoms with Gasteiger partial charge in [0, 0.05) is 12.7 Å². The van der Waals surface area contributed by atoms with Crippen molar-refractivity contribution < 1.29 is 0 Å². The van der Waals surface area contributed by atoms with Crippen LogP contribution in [0.25, 0.3) is 0 Å². The second-order valence-electron chi connectivity index (χ2n) is 4.86. The van der Waals surface area contributed by atoms with Crippen LogP contribution in [0, 0.1) is 12.3 Å². The summed E-state index contributed by atoms with van der Waals surface area (Å²) in [6, 6.07) is 1.94. The highest BCUT2D eigenvalue weighted by Gasteiger charge is 2.28. The first kappa shape index (κ1) is 10.4. The van der Waals surface area contributed by atoms with E-state index in [9.17, 15) is 0 Å². The molecule has 0 aliphatic heterocycles. The minimum atomic E-state index is 0.471. The molecule has 0 saturated heterocycles. The van der Waals surface area contributed by atoms with Crippen LogP contribution in [-0.2, 0) is 0 Å². The maximum Gasteiger partial charge on any atom is 0.129 e. The van der Waals surface area contributed by atoms with Crippen LogP contribution in [0.3, 0.4) is 0 Å². The summed E-state index contributed by atoms with van der Waals surface area (Å²) >= 11 is 0. The number of rotatable bonds is 3. The summed E-state index contributed by atoms with van der Waals surface area (Å²) in [5.41, 5.74) is 0.471. The number of hydrogen-bond acceptors (Lipinski definition) is 3. The second kappa shape index (κ2) is 4.17. The SMILES string of the molecule is Cc1nccc(NCC2(C)CCCC2)n1. The lowest BCUT2D eigenvalue weighted by Gasteiger charge is -2.23. The van der Waals surface area contributed by atoms with E-state index in [2.05, 4.69) is 22.2 Å². The lowest BCUT2D eigenvalue weighted by atomic mass is 9.89. The summed E-state index contributed by atoms with van der Waals surface area (Å²) in [5, 5.41) is 3.42. The fourth-order valence-electron chi connectivity index (χ4n) is 2.26. The Hall–Kier alpha value is -1.12. The van der Waals surface area contributed by atoms with Crippen molar-refractivity contribution in [1.82, 2.24) is 9.97 Å². The molecule has 3 nitrogen and oxygen atoms in total. The fourth-order valence-corrected chi connectivity index (χ4v) is 2.26. The van der Waals surface area contributed by atoms with E-state index in [1.165, 1.54) is 25.7 Å². The zero-order chi connectivity index (χ0) is 10.7. The Labute approximate surface area is 91.3 Å². The van der Waals surface area contributed by atoms with Gasteiger partial charge < -0.3 is 5.32 Å². The normalized spacial score (nSPS) is 19.1. The molecule has 3 heteroatoms. The topological polar surface area (TPSA) is 37.8 Å². The van der Waals surface area contributed by atoms with E-state index in [4.69, 9.17) is 0 Å². The van der Waals surface area contributed by atoms with Crippen LogP contribution in [0.2, 0.25) is 0 Å². The second-order valence-corrected chi connectivity index (χ2v) is 4.86. The predicted octanol–water partition coefficient (Wildman–Crippen LogP) is 2.78. The van der Waals surface area contributed by atoms with Gasteiger partial charge in [-0.15, -0.1) is 0 Å². The Kier molecular flexibility index (Phi) is 2.89. The van der Waals surface area contributed by atoms with Crippen molar-refractivity contribution in [3.05, 3.63) is 18.1 Å². The third-order valence-electron chi connectivity index (χ3n) is 3.28. The molecular weight excluding hydrogens is 186 g/mol. The van der Waals surface area contributed by atoms with Crippen molar-refractivity contribution in [3.8, 4) is 0 Å². The molecule has 0 amide bonds. The molecule has 1 fully saturated rings. The quantitative estimate of drug-likeness (QED) is 0.824.